The highest BCUT2D eigenvalue weighted by Gasteiger charge is 2.18. The Morgan fingerprint density at radius 2 is 2.33 bits per heavy atom. The summed E-state index contributed by atoms with van der Waals surface area (Å²) in [5.41, 5.74) is 0.892. The van der Waals surface area contributed by atoms with Crippen LogP contribution in [0.3, 0.4) is 0 Å². The standard InChI is InChI=1S/C11H13ClN2O3S/c1-7(15)14-10(11(16)17)6-18-5-8-2-3-13-4-9(8)12/h2-4,10H,5-6H2,1H3,(H,14,15)(H,16,17). The molecule has 7 heteroatoms. The number of pyridine rings is 1. The Kier molecular flexibility index (Phi) is 5.94. The summed E-state index contributed by atoms with van der Waals surface area (Å²) >= 11 is 7.32. The number of aromatic nitrogens is 1. The fourth-order valence-corrected chi connectivity index (χ4v) is 2.54. The largest absolute Gasteiger partial charge is 0.480 e. The van der Waals surface area contributed by atoms with Gasteiger partial charge in [-0.2, -0.15) is 11.8 Å². The second-order valence-electron chi connectivity index (χ2n) is 3.57. The number of carboxylic acids is 1. The van der Waals surface area contributed by atoms with Gasteiger partial charge >= 0.3 is 5.97 Å². The molecule has 18 heavy (non-hydrogen) atoms. The van der Waals surface area contributed by atoms with E-state index in [4.69, 9.17) is 16.7 Å². The summed E-state index contributed by atoms with van der Waals surface area (Å²) in [5, 5.41) is 11.8. The molecule has 0 fully saturated rings. The lowest BCUT2D eigenvalue weighted by molar-refractivity contribution is -0.140. The number of thioether (sulfide) groups is 1. The lowest BCUT2D eigenvalue weighted by atomic mass is 10.3. The highest BCUT2D eigenvalue weighted by Crippen LogP contribution is 2.20. The van der Waals surface area contributed by atoms with Gasteiger partial charge in [-0.1, -0.05) is 11.6 Å². The predicted molar refractivity (Wildman–Crippen MR) is 70.6 cm³/mol. The van der Waals surface area contributed by atoms with Crippen LogP contribution < -0.4 is 5.32 Å². The van der Waals surface area contributed by atoms with Crippen molar-refractivity contribution >= 4 is 35.2 Å². The molecule has 1 atom stereocenters. The lowest BCUT2D eigenvalue weighted by Crippen LogP contribution is -2.41. The minimum atomic E-state index is -1.04. The molecule has 1 aromatic rings. The predicted octanol–water partition coefficient (Wildman–Crippen LogP) is 1.56. The summed E-state index contributed by atoms with van der Waals surface area (Å²) in [6, 6.07) is 0.900. The summed E-state index contributed by atoms with van der Waals surface area (Å²) in [5.74, 6) is -0.540. The third kappa shape index (κ3) is 4.93. The van der Waals surface area contributed by atoms with Gasteiger partial charge in [0.15, 0.2) is 0 Å². The topological polar surface area (TPSA) is 79.3 Å². The number of amides is 1. The van der Waals surface area contributed by atoms with Gasteiger partial charge in [0, 0.05) is 30.8 Å². The fraction of sp³-hybridized carbons (Fsp3) is 0.364. The van der Waals surface area contributed by atoms with Gasteiger partial charge in [-0.15, -0.1) is 0 Å². The number of aliphatic carboxylic acids is 1. The van der Waals surface area contributed by atoms with E-state index in [2.05, 4.69) is 10.3 Å². The molecule has 5 nitrogen and oxygen atoms in total. The first-order valence-corrected chi connectivity index (χ1v) is 6.70. The molecule has 0 aromatic carbocycles. The van der Waals surface area contributed by atoms with E-state index in [0.29, 0.717) is 10.8 Å². The number of hydrogen-bond donors (Lipinski definition) is 2. The molecule has 1 unspecified atom stereocenters. The number of rotatable bonds is 6. The second kappa shape index (κ2) is 7.23. The van der Waals surface area contributed by atoms with Crippen LogP contribution in [0.2, 0.25) is 5.02 Å². The minimum absolute atomic E-state index is 0.285. The Hall–Kier alpha value is -1.27. The number of hydrogen-bond acceptors (Lipinski definition) is 4. The first-order chi connectivity index (χ1) is 8.50. The number of carbonyl (C=O) groups excluding carboxylic acids is 1. The second-order valence-corrected chi connectivity index (χ2v) is 5.01. The number of carboxylic acid groups (broad SMARTS) is 1. The summed E-state index contributed by atoms with van der Waals surface area (Å²) in [6.45, 7) is 1.29. The number of carbonyl (C=O) groups is 2. The maximum Gasteiger partial charge on any atom is 0.327 e. The zero-order chi connectivity index (χ0) is 13.5. The van der Waals surface area contributed by atoms with E-state index in [1.165, 1.54) is 18.7 Å². The molecule has 0 spiro atoms. The molecule has 0 saturated carbocycles. The van der Waals surface area contributed by atoms with Crippen LogP contribution >= 0.6 is 23.4 Å². The van der Waals surface area contributed by atoms with Gasteiger partial charge in [-0.25, -0.2) is 4.79 Å². The third-order valence-corrected chi connectivity index (χ3v) is 3.50. The fourth-order valence-electron chi connectivity index (χ4n) is 1.23. The maximum atomic E-state index is 10.9. The normalized spacial score (nSPS) is 11.9. The first-order valence-electron chi connectivity index (χ1n) is 5.16. The van der Waals surface area contributed by atoms with Crippen LogP contribution in [0.25, 0.3) is 0 Å². The quantitative estimate of drug-likeness (QED) is 0.830. The van der Waals surface area contributed by atoms with E-state index >= 15 is 0 Å². The Morgan fingerprint density at radius 1 is 1.61 bits per heavy atom. The lowest BCUT2D eigenvalue weighted by Gasteiger charge is -2.12. The molecule has 1 aromatic heterocycles. The Bertz CT molecular complexity index is 442. The van der Waals surface area contributed by atoms with Crippen LogP contribution in [0.1, 0.15) is 12.5 Å². The highest BCUT2D eigenvalue weighted by molar-refractivity contribution is 7.98. The molecule has 1 rings (SSSR count). The molecular weight excluding hydrogens is 276 g/mol. The summed E-state index contributed by atoms with van der Waals surface area (Å²) in [7, 11) is 0. The number of nitrogens with zero attached hydrogens (tertiary/aromatic N) is 1. The molecule has 2 N–H and O–H groups in total. The average Bonchev–Trinajstić information content (AvgIpc) is 2.29. The zero-order valence-electron chi connectivity index (χ0n) is 9.72. The van der Waals surface area contributed by atoms with Crippen LogP contribution in [0.5, 0.6) is 0 Å². The van der Waals surface area contributed by atoms with Gasteiger partial charge in [-0.05, 0) is 11.6 Å². The molecule has 0 bridgehead atoms. The van der Waals surface area contributed by atoms with Crippen molar-refractivity contribution in [3.63, 3.8) is 0 Å². The van der Waals surface area contributed by atoms with E-state index in [9.17, 15) is 9.59 Å². The third-order valence-electron chi connectivity index (χ3n) is 2.07. The molecule has 0 aliphatic rings. The maximum absolute atomic E-state index is 10.9. The molecule has 0 aliphatic carbocycles. The number of halogens is 1. The smallest absolute Gasteiger partial charge is 0.327 e. The van der Waals surface area contributed by atoms with Gasteiger partial charge in [0.05, 0.1) is 5.02 Å². The van der Waals surface area contributed by atoms with Crippen molar-refractivity contribution in [3.05, 3.63) is 29.0 Å². The van der Waals surface area contributed by atoms with Crippen molar-refractivity contribution in [2.45, 2.75) is 18.7 Å². The molecule has 0 aliphatic heterocycles. The van der Waals surface area contributed by atoms with Crippen LogP contribution in [-0.4, -0.2) is 33.8 Å². The Labute approximate surface area is 114 Å². The van der Waals surface area contributed by atoms with Crippen LogP contribution in [-0.2, 0) is 15.3 Å². The van der Waals surface area contributed by atoms with Crippen molar-refractivity contribution in [2.75, 3.05) is 5.75 Å². The Morgan fingerprint density at radius 3 is 2.89 bits per heavy atom. The number of nitrogens with one attached hydrogen (secondary N) is 1. The molecule has 1 amide bonds. The zero-order valence-corrected chi connectivity index (χ0v) is 11.3. The summed E-state index contributed by atoms with van der Waals surface area (Å²) < 4.78 is 0. The van der Waals surface area contributed by atoms with Crippen molar-refractivity contribution in [1.29, 1.82) is 0 Å². The van der Waals surface area contributed by atoms with Crippen molar-refractivity contribution in [3.8, 4) is 0 Å². The van der Waals surface area contributed by atoms with E-state index in [1.54, 1.807) is 18.5 Å². The van der Waals surface area contributed by atoms with Gasteiger partial charge in [0.1, 0.15) is 6.04 Å². The van der Waals surface area contributed by atoms with Gasteiger partial charge < -0.3 is 10.4 Å². The van der Waals surface area contributed by atoms with E-state index in [1.807, 2.05) is 0 Å². The van der Waals surface area contributed by atoms with Crippen LogP contribution in [0.15, 0.2) is 18.5 Å². The van der Waals surface area contributed by atoms with Crippen molar-refractivity contribution in [2.24, 2.45) is 0 Å². The molecule has 98 valence electrons. The monoisotopic (exact) mass is 288 g/mol. The van der Waals surface area contributed by atoms with Crippen molar-refractivity contribution in [1.82, 2.24) is 10.3 Å². The highest BCUT2D eigenvalue weighted by atomic mass is 35.5. The molecule has 0 saturated heterocycles. The first kappa shape index (κ1) is 14.8. The van der Waals surface area contributed by atoms with Gasteiger partial charge in [-0.3, -0.25) is 9.78 Å². The average molecular weight is 289 g/mol. The van der Waals surface area contributed by atoms with Gasteiger partial charge in [0.25, 0.3) is 0 Å². The van der Waals surface area contributed by atoms with Gasteiger partial charge in [0.2, 0.25) is 5.91 Å². The molecule has 1 heterocycles. The van der Waals surface area contributed by atoms with Crippen LogP contribution in [0, 0.1) is 0 Å². The van der Waals surface area contributed by atoms with E-state index in [0.717, 1.165) is 5.56 Å². The molecule has 0 radical (unpaired) electrons. The van der Waals surface area contributed by atoms with E-state index < -0.39 is 12.0 Å². The molecular formula is C11H13ClN2O3S. The Balaban J connectivity index is 2.46. The minimum Gasteiger partial charge on any atom is -0.480 e. The summed E-state index contributed by atoms with van der Waals surface area (Å²) in [4.78, 5) is 25.6. The summed E-state index contributed by atoms with van der Waals surface area (Å²) in [6.07, 6.45) is 3.17. The SMILES string of the molecule is CC(=O)NC(CSCc1ccncc1Cl)C(=O)O. The van der Waals surface area contributed by atoms with Crippen LogP contribution in [0.4, 0.5) is 0 Å². The van der Waals surface area contributed by atoms with Crippen molar-refractivity contribution < 1.29 is 14.7 Å². The van der Waals surface area contributed by atoms with E-state index in [-0.39, 0.29) is 11.7 Å².